The number of aromatic nitrogens is 2. The van der Waals surface area contributed by atoms with Crippen LogP contribution in [0.5, 0.6) is 5.75 Å². The number of benzene rings is 1. The van der Waals surface area contributed by atoms with Gasteiger partial charge in [0.1, 0.15) is 5.75 Å². The van der Waals surface area contributed by atoms with Crippen LogP contribution in [0.15, 0.2) is 33.8 Å². The lowest BCUT2D eigenvalue weighted by Crippen LogP contribution is -2.51. The lowest BCUT2D eigenvalue weighted by atomic mass is 10.0. The third kappa shape index (κ3) is 5.98. The van der Waals surface area contributed by atoms with Crippen LogP contribution in [0.3, 0.4) is 0 Å². The molecule has 0 spiro atoms. The largest absolute Gasteiger partial charge is 0.497 e. The Hall–Kier alpha value is -2.04. The molecule has 9 heteroatoms. The zero-order valence-corrected chi connectivity index (χ0v) is 18.3. The van der Waals surface area contributed by atoms with Gasteiger partial charge in [-0.05, 0) is 25.0 Å². The van der Waals surface area contributed by atoms with E-state index in [4.69, 9.17) is 9.26 Å². The van der Waals surface area contributed by atoms with E-state index < -0.39 is 0 Å². The smallest absolute Gasteiger partial charge is 0.223 e. The summed E-state index contributed by atoms with van der Waals surface area (Å²) in [4.78, 5) is 10.9. The molecule has 2 aromatic rings. The van der Waals surface area contributed by atoms with Crippen LogP contribution in [-0.4, -0.2) is 49.4 Å². The molecule has 1 aliphatic heterocycles. The van der Waals surface area contributed by atoms with Gasteiger partial charge >= 0.3 is 0 Å². The van der Waals surface area contributed by atoms with Crippen LogP contribution >= 0.6 is 24.0 Å². The highest BCUT2D eigenvalue weighted by Crippen LogP contribution is 2.24. The van der Waals surface area contributed by atoms with E-state index in [1.807, 2.05) is 12.1 Å². The number of aliphatic imine (C=N–C) groups is 1. The van der Waals surface area contributed by atoms with E-state index in [0.29, 0.717) is 24.3 Å². The normalized spacial score (nSPS) is 17.2. The molecule has 0 aliphatic carbocycles. The summed E-state index contributed by atoms with van der Waals surface area (Å²) in [6.07, 6.45) is 2.22. The van der Waals surface area contributed by atoms with Gasteiger partial charge in [-0.25, -0.2) is 0 Å². The molecule has 0 amide bonds. The van der Waals surface area contributed by atoms with E-state index in [9.17, 15) is 0 Å². The van der Waals surface area contributed by atoms with Gasteiger partial charge in [0.15, 0.2) is 11.8 Å². The number of anilines is 1. The quantitative estimate of drug-likeness (QED) is 0.381. The first-order valence-electron chi connectivity index (χ1n) is 8.83. The van der Waals surface area contributed by atoms with Gasteiger partial charge in [-0.15, -0.1) is 24.0 Å². The molecule has 148 valence electrons. The number of methoxy groups -OCH3 is 1. The van der Waals surface area contributed by atoms with Crippen LogP contribution in [0.2, 0.25) is 0 Å². The number of guanidine groups is 1. The van der Waals surface area contributed by atoms with E-state index in [-0.39, 0.29) is 24.0 Å². The minimum atomic E-state index is 0. The first-order chi connectivity index (χ1) is 12.7. The predicted molar refractivity (Wildman–Crippen MR) is 116 cm³/mol. The van der Waals surface area contributed by atoms with Gasteiger partial charge in [0.25, 0.3) is 0 Å². The van der Waals surface area contributed by atoms with Crippen molar-refractivity contribution in [3.8, 4) is 5.75 Å². The molecule has 1 unspecified atom stereocenters. The van der Waals surface area contributed by atoms with Crippen LogP contribution in [0.4, 0.5) is 5.69 Å². The van der Waals surface area contributed by atoms with Crippen LogP contribution in [0, 0.1) is 6.92 Å². The summed E-state index contributed by atoms with van der Waals surface area (Å²) in [5.74, 6) is 2.80. The maximum atomic E-state index is 5.34. The Kier molecular flexibility index (Phi) is 8.14. The van der Waals surface area contributed by atoms with Gasteiger partial charge in [-0.1, -0.05) is 11.2 Å². The van der Waals surface area contributed by atoms with Crippen molar-refractivity contribution in [3.63, 3.8) is 0 Å². The molecular weight excluding hydrogens is 459 g/mol. The van der Waals surface area contributed by atoms with Crippen LogP contribution in [0.1, 0.15) is 24.6 Å². The number of ether oxygens (including phenoxy) is 1. The highest BCUT2D eigenvalue weighted by atomic mass is 127. The van der Waals surface area contributed by atoms with E-state index in [1.54, 1.807) is 21.1 Å². The molecule has 2 N–H and O–H groups in total. The van der Waals surface area contributed by atoms with Crippen molar-refractivity contribution in [3.05, 3.63) is 36.0 Å². The number of hydrogen-bond donors (Lipinski definition) is 2. The number of aryl methyl sites for hydroxylation is 1. The molecule has 1 saturated heterocycles. The van der Waals surface area contributed by atoms with E-state index in [0.717, 1.165) is 37.6 Å². The number of rotatable bonds is 5. The summed E-state index contributed by atoms with van der Waals surface area (Å²) in [6, 6.07) is 8.51. The Bertz CT molecular complexity index is 751. The van der Waals surface area contributed by atoms with E-state index >= 15 is 0 Å². The maximum absolute atomic E-state index is 5.34. The summed E-state index contributed by atoms with van der Waals surface area (Å²) >= 11 is 0. The summed E-state index contributed by atoms with van der Waals surface area (Å²) in [5, 5.41) is 10.6. The molecular formula is C18H27IN6O2. The zero-order valence-electron chi connectivity index (χ0n) is 15.9. The second kappa shape index (κ2) is 10.3. The fourth-order valence-electron chi connectivity index (χ4n) is 3.10. The first-order valence-corrected chi connectivity index (χ1v) is 8.83. The van der Waals surface area contributed by atoms with Crippen molar-refractivity contribution in [1.29, 1.82) is 0 Å². The first kappa shape index (κ1) is 21.3. The molecule has 2 heterocycles. The summed E-state index contributed by atoms with van der Waals surface area (Å²) in [7, 11) is 3.46. The van der Waals surface area contributed by atoms with Gasteiger partial charge in [-0.2, -0.15) is 4.98 Å². The van der Waals surface area contributed by atoms with E-state index in [1.165, 1.54) is 5.69 Å². The Labute approximate surface area is 176 Å². The van der Waals surface area contributed by atoms with Crippen LogP contribution in [-0.2, 0) is 6.54 Å². The van der Waals surface area contributed by atoms with Gasteiger partial charge in [0.2, 0.25) is 5.89 Å². The molecule has 1 fully saturated rings. The molecule has 0 radical (unpaired) electrons. The monoisotopic (exact) mass is 486 g/mol. The number of hydrogen-bond acceptors (Lipinski definition) is 6. The Morgan fingerprint density at radius 3 is 3.00 bits per heavy atom. The topological polar surface area (TPSA) is 87.8 Å². The molecule has 27 heavy (non-hydrogen) atoms. The number of piperidine rings is 1. The van der Waals surface area contributed by atoms with Gasteiger partial charge < -0.3 is 24.8 Å². The zero-order chi connectivity index (χ0) is 18.4. The van der Waals surface area contributed by atoms with E-state index in [2.05, 4.69) is 42.8 Å². The Morgan fingerprint density at radius 2 is 2.30 bits per heavy atom. The van der Waals surface area contributed by atoms with Crippen molar-refractivity contribution in [2.45, 2.75) is 32.4 Å². The summed E-state index contributed by atoms with van der Waals surface area (Å²) in [6.45, 7) is 4.21. The molecule has 0 bridgehead atoms. The minimum absolute atomic E-state index is 0. The molecule has 3 rings (SSSR count). The number of nitrogens with one attached hydrogen (secondary N) is 2. The fraction of sp³-hybridized carbons (Fsp3) is 0.500. The molecule has 1 aromatic heterocycles. The van der Waals surface area contributed by atoms with Gasteiger partial charge in [-0.3, -0.25) is 4.99 Å². The van der Waals surface area contributed by atoms with Crippen molar-refractivity contribution in [2.75, 3.05) is 32.1 Å². The second-order valence-corrected chi connectivity index (χ2v) is 6.29. The van der Waals surface area contributed by atoms with Crippen molar-refractivity contribution >= 4 is 35.6 Å². The van der Waals surface area contributed by atoms with Gasteiger partial charge in [0.05, 0.1) is 13.7 Å². The average Bonchev–Trinajstić information content (AvgIpc) is 3.10. The van der Waals surface area contributed by atoms with Crippen LogP contribution in [0.25, 0.3) is 0 Å². The maximum Gasteiger partial charge on any atom is 0.223 e. The Balaban J connectivity index is 0.00000261. The average molecular weight is 486 g/mol. The minimum Gasteiger partial charge on any atom is -0.497 e. The number of halogens is 1. The molecule has 8 nitrogen and oxygen atoms in total. The second-order valence-electron chi connectivity index (χ2n) is 6.29. The fourth-order valence-corrected chi connectivity index (χ4v) is 3.10. The molecule has 1 aliphatic rings. The van der Waals surface area contributed by atoms with Crippen molar-refractivity contribution in [2.24, 2.45) is 4.99 Å². The van der Waals surface area contributed by atoms with Crippen LogP contribution < -0.4 is 20.3 Å². The Morgan fingerprint density at radius 1 is 1.44 bits per heavy atom. The third-order valence-electron chi connectivity index (χ3n) is 4.39. The summed E-state index contributed by atoms with van der Waals surface area (Å²) < 4.78 is 10.3. The van der Waals surface area contributed by atoms with Crippen molar-refractivity contribution in [1.82, 2.24) is 20.8 Å². The molecule has 1 aromatic carbocycles. The van der Waals surface area contributed by atoms with Crippen molar-refractivity contribution < 1.29 is 9.26 Å². The highest BCUT2D eigenvalue weighted by molar-refractivity contribution is 14.0. The standard InChI is InChI=1S/C18H26N6O2.HI/c1-13-21-17(23-26-13)11-20-18(19-2)22-14-6-5-9-24(12-14)15-7-4-8-16(10-15)25-3;/h4,7-8,10,14H,5-6,9,11-12H2,1-3H3,(H2,19,20,22);1H. The molecule has 0 saturated carbocycles. The lowest BCUT2D eigenvalue weighted by Gasteiger charge is -2.35. The summed E-state index contributed by atoms with van der Waals surface area (Å²) in [5.41, 5.74) is 1.18. The highest BCUT2D eigenvalue weighted by Gasteiger charge is 2.21. The lowest BCUT2D eigenvalue weighted by molar-refractivity contribution is 0.386. The van der Waals surface area contributed by atoms with Gasteiger partial charge in [0, 0.05) is 44.9 Å². The third-order valence-corrected chi connectivity index (χ3v) is 4.39. The predicted octanol–water partition coefficient (Wildman–Crippen LogP) is 2.34. The SMILES string of the molecule is CN=C(NCc1noc(C)n1)NC1CCCN(c2cccc(OC)c2)C1.I. The number of nitrogens with zero attached hydrogens (tertiary/aromatic N) is 4. The molecule has 1 atom stereocenters.